The number of likely N-dealkylation sites (tertiary alicyclic amines) is 1. The van der Waals surface area contributed by atoms with Crippen LogP contribution in [0.1, 0.15) is 98.5 Å². The number of ketones is 1. The molecule has 1 aliphatic heterocycles. The number of amides is 4. The summed E-state index contributed by atoms with van der Waals surface area (Å²) in [5.41, 5.74) is 6.91. The molecular weight excluding hydrogens is 660 g/mol. The van der Waals surface area contributed by atoms with Gasteiger partial charge in [0.2, 0.25) is 24.0 Å². The Morgan fingerprint density at radius 3 is 2.22 bits per heavy atom. The molecule has 282 valence electrons. The van der Waals surface area contributed by atoms with Crippen molar-refractivity contribution in [3.8, 4) is 0 Å². The first-order valence-corrected chi connectivity index (χ1v) is 19.5. The highest BCUT2D eigenvalue weighted by Crippen LogP contribution is 2.29. The minimum Gasteiger partial charge on any atom is -0.354 e. The summed E-state index contributed by atoms with van der Waals surface area (Å²) in [5.74, 6) is -3.14. The summed E-state index contributed by atoms with van der Waals surface area (Å²) in [7, 11) is -3.53. The molecule has 1 heterocycles. The molecule has 0 spiro atoms. The molecule has 1 saturated carbocycles. The quantitative estimate of drug-likeness (QED) is 0.103. The van der Waals surface area contributed by atoms with Crippen LogP contribution >= 0.6 is 0 Å². The zero-order chi connectivity index (χ0) is 37.9. The number of Topliss-reactive ketones (excluding diaryl/α,β-unsaturated/α-hetero) is 1. The largest absolute Gasteiger partial charge is 0.354 e. The maximum Gasteiger partial charge on any atom is 0.289 e. The van der Waals surface area contributed by atoms with Crippen LogP contribution in [-0.2, 0) is 39.6 Å². The number of carbonyl (C=O) groups is 5. The molecule has 2 fully saturated rings. The van der Waals surface area contributed by atoms with E-state index >= 15 is 0 Å². The van der Waals surface area contributed by atoms with Gasteiger partial charge < -0.3 is 32.0 Å². The van der Waals surface area contributed by atoms with Crippen LogP contribution < -0.4 is 21.7 Å². The van der Waals surface area contributed by atoms with E-state index in [-0.39, 0.29) is 54.2 Å². The second kappa shape index (κ2) is 22.2. The Hall–Kier alpha value is -3.65. The summed E-state index contributed by atoms with van der Waals surface area (Å²) < 4.78 is 24.8. The van der Waals surface area contributed by atoms with E-state index < -0.39 is 45.6 Å². The summed E-state index contributed by atoms with van der Waals surface area (Å²) >= 11 is 0. The Morgan fingerprint density at radius 1 is 1.06 bits per heavy atom. The average molecular weight is 721 g/mol. The van der Waals surface area contributed by atoms with Crippen LogP contribution in [0.4, 0.5) is 0 Å². The minimum absolute atomic E-state index is 0.0195. The fraction of sp³-hybridized carbons (Fsp3) is 0.667. The summed E-state index contributed by atoms with van der Waals surface area (Å²) in [5, 5.41) is 14.9. The summed E-state index contributed by atoms with van der Waals surface area (Å²) in [6, 6.07) is 5.93. The zero-order valence-electron chi connectivity index (χ0n) is 30.7. The van der Waals surface area contributed by atoms with E-state index in [0.29, 0.717) is 24.9 Å². The lowest BCUT2D eigenvalue weighted by atomic mass is 9.83. The Balaban J connectivity index is 0.00000123. The average Bonchev–Trinajstić information content (AvgIpc) is 3.48. The number of benzene rings is 1. The van der Waals surface area contributed by atoms with Crippen LogP contribution in [0.2, 0.25) is 0 Å². The van der Waals surface area contributed by atoms with Crippen molar-refractivity contribution >= 4 is 46.0 Å². The Morgan fingerprint density at radius 2 is 1.68 bits per heavy atom. The number of nitrogens with one attached hydrogen (secondary N) is 4. The first-order chi connectivity index (χ1) is 23.6. The normalized spacial score (nSPS) is 18.9. The van der Waals surface area contributed by atoms with E-state index in [0.717, 1.165) is 38.3 Å². The first-order valence-electron chi connectivity index (χ1n) is 17.7. The van der Waals surface area contributed by atoms with Gasteiger partial charge in [0.15, 0.2) is 9.84 Å². The van der Waals surface area contributed by atoms with Gasteiger partial charge in [0.25, 0.3) is 5.91 Å². The maximum atomic E-state index is 13.4. The molecule has 2 aliphatic rings. The van der Waals surface area contributed by atoms with Crippen molar-refractivity contribution in [2.45, 2.75) is 122 Å². The number of sulfone groups is 1. The molecule has 14 heteroatoms. The lowest BCUT2D eigenvalue weighted by molar-refractivity contribution is -0.143. The standard InChI is InChI=1S/C29H43N5O6S.C5H11NO.C2H6/c1-20-17-24(34(18-20)29(38)25(31)22-11-6-3-7-12-22)27(36)33-23(13-8-14-30)26(35)28(37)32-15-16-41(39,40)19-21-9-4-2-5-10-21;1-5(2,3)6-4-7;1-2/h2,4-5,9-10,14,20,22-25,30H,3,6-8,11-13,15-19,31H2,1H3,(H,32,37)(H,33,36);4H,1-3H3,(H,6,7);1-2H3/t20-,23?,24?,25?;;/m1../s1. The smallest absolute Gasteiger partial charge is 0.289 e. The molecule has 0 radical (unpaired) electrons. The van der Waals surface area contributed by atoms with Gasteiger partial charge in [0.05, 0.1) is 23.6 Å². The van der Waals surface area contributed by atoms with Crippen LogP contribution in [-0.4, -0.2) is 92.0 Å². The van der Waals surface area contributed by atoms with Crippen LogP contribution in [0.3, 0.4) is 0 Å². The molecule has 3 unspecified atom stereocenters. The van der Waals surface area contributed by atoms with Crippen LogP contribution in [0, 0.1) is 17.2 Å². The van der Waals surface area contributed by atoms with E-state index in [2.05, 4.69) is 16.0 Å². The van der Waals surface area contributed by atoms with Gasteiger partial charge >= 0.3 is 0 Å². The molecule has 1 aliphatic carbocycles. The number of nitrogens with zero attached hydrogens (tertiary/aromatic N) is 1. The highest BCUT2D eigenvalue weighted by Gasteiger charge is 2.42. The zero-order valence-corrected chi connectivity index (χ0v) is 31.5. The molecule has 3 rings (SSSR count). The molecular formula is C36H60N6O7S. The molecule has 0 bridgehead atoms. The van der Waals surface area contributed by atoms with Gasteiger partial charge in [-0.2, -0.15) is 0 Å². The van der Waals surface area contributed by atoms with Crippen molar-refractivity contribution in [2.75, 3.05) is 18.8 Å². The van der Waals surface area contributed by atoms with Gasteiger partial charge in [0, 0.05) is 18.6 Å². The van der Waals surface area contributed by atoms with Gasteiger partial charge in [-0.15, -0.1) is 0 Å². The summed E-state index contributed by atoms with van der Waals surface area (Å²) in [4.78, 5) is 63.5. The second-order valence-electron chi connectivity index (χ2n) is 13.8. The predicted molar refractivity (Wildman–Crippen MR) is 196 cm³/mol. The van der Waals surface area contributed by atoms with Gasteiger partial charge in [-0.1, -0.05) is 70.4 Å². The molecule has 6 N–H and O–H groups in total. The molecule has 13 nitrogen and oxygen atoms in total. The van der Waals surface area contributed by atoms with Gasteiger partial charge in [-0.25, -0.2) is 8.42 Å². The lowest BCUT2D eigenvalue weighted by Gasteiger charge is -2.32. The van der Waals surface area contributed by atoms with Crippen molar-refractivity contribution in [1.82, 2.24) is 20.9 Å². The minimum atomic E-state index is -3.53. The third kappa shape index (κ3) is 15.9. The number of nitrogens with two attached hydrogens (primary N) is 1. The third-order valence-electron chi connectivity index (χ3n) is 8.42. The van der Waals surface area contributed by atoms with E-state index in [1.165, 1.54) is 4.90 Å². The number of hydrogen-bond acceptors (Lipinski definition) is 9. The fourth-order valence-corrected chi connectivity index (χ4v) is 7.11. The van der Waals surface area contributed by atoms with Crippen molar-refractivity contribution in [3.05, 3.63) is 35.9 Å². The highest BCUT2D eigenvalue weighted by atomic mass is 32.2. The van der Waals surface area contributed by atoms with Gasteiger partial charge in [-0.3, -0.25) is 24.0 Å². The number of carbonyl (C=O) groups excluding carboxylic acids is 5. The topological polar surface area (TPSA) is 209 Å². The molecule has 1 aromatic rings. The Bertz CT molecular complexity index is 1340. The predicted octanol–water partition coefficient (Wildman–Crippen LogP) is 2.90. The second-order valence-corrected chi connectivity index (χ2v) is 16.0. The Kier molecular flexibility index (Phi) is 19.7. The van der Waals surface area contributed by atoms with E-state index in [9.17, 15) is 32.4 Å². The molecule has 0 aromatic heterocycles. The summed E-state index contributed by atoms with van der Waals surface area (Å²) in [6.07, 6.45) is 7.32. The van der Waals surface area contributed by atoms with E-state index in [1.54, 1.807) is 30.3 Å². The Labute approximate surface area is 298 Å². The number of rotatable bonds is 15. The van der Waals surface area contributed by atoms with Crippen molar-refractivity contribution < 1.29 is 32.4 Å². The molecule has 4 atom stereocenters. The van der Waals surface area contributed by atoms with Gasteiger partial charge in [-0.05, 0) is 76.5 Å². The first kappa shape index (κ1) is 44.4. The summed E-state index contributed by atoms with van der Waals surface area (Å²) in [6.45, 7) is 11.9. The monoisotopic (exact) mass is 720 g/mol. The molecule has 4 amide bonds. The van der Waals surface area contributed by atoms with Crippen LogP contribution in [0.25, 0.3) is 0 Å². The van der Waals surface area contributed by atoms with Gasteiger partial charge in [0.1, 0.15) is 6.04 Å². The number of hydrogen-bond donors (Lipinski definition) is 5. The lowest BCUT2D eigenvalue weighted by Crippen LogP contribution is -2.56. The molecule has 1 saturated heterocycles. The fourth-order valence-electron chi connectivity index (χ4n) is 5.85. The maximum absolute atomic E-state index is 13.4. The van der Waals surface area contributed by atoms with E-state index in [1.807, 2.05) is 41.5 Å². The van der Waals surface area contributed by atoms with E-state index in [4.69, 9.17) is 11.1 Å². The van der Waals surface area contributed by atoms with Crippen molar-refractivity contribution in [2.24, 2.45) is 17.6 Å². The SMILES string of the molecule is CC.CC(C)(C)NC=O.C[C@@H]1CC(C(=O)NC(CCC=N)C(=O)C(=O)NCCS(=O)(=O)Cc2ccccc2)N(C(=O)C(N)C2CCCCC2)C1. The molecule has 50 heavy (non-hydrogen) atoms. The van der Waals surface area contributed by atoms with Crippen molar-refractivity contribution in [1.29, 1.82) is 5.41 Å². The van der Waals surface area contributed by atoms with Crippen LogP contribution in [0.5, 0.6) is 0 Å². The van der Waals surface area contributed by atoms with Crippen LogP contribution in [0.15, 0.2) is 30.3 Å². The van der Waals surface area contributed by atoms with Crippen molar-refractivity contribution in [3.63, 3.8) is 0 Å². The third-order valence-corrected chi connectivity index (χ3v) is 10.0. The highest BCUT2D eigenvalue weighted by molar-refractivity contribution is 7.90. The molecule has 1 aromatic carbocycles.